The highest BCUT2D eigenvalue weighted by Crippen LogP contribution is 2.35. The quantitative estimate of drug-likeness (QED) is 0.697. The normalized spacial score (nSPS) is 18.7. The Labute approximate surface area is 180 Å². The van der Waals surface area contributed by atoms with Crippen molar-refractivity contribution in [2.75, 3.05) is 25.0 Å². The summed E-state index contributed by atoms with van der Waals surface area (Å²) >= 11 is 0. The molecule has 9 heteroatoms. The van der Waals surface area contributed by atoms with Crippen molar-refractivity contribution in [1.82, 2.24) is 30.2 Å². The van der Waals surface area contributed by atoms with Crippen LogP contribution >= 0.6 is 0 Å². The number of fused-ring (bicyclic) bond motifs is 2. The molecule has 31 heavy (non-hydrogen) atoms. The number of carbonyl (C=O) groups is 2. The van der Waals surface area contributed by atoms with Gasteiger partial charge in [-0.3, -0.25) is 9.59 Å². The summed E-state index contributed by atoms with van der Waals surface area (Å²) in [5.41, 5.74) is 1.83. The first-order chi connectivity index (χ1) is 15.0. The molecule has 2 aliphatic heterocycles. The molecule has 9 nitrogen and oxygen atoms in total. The molecule has 1 fully saturated rings. The third-order valence-corrected chi connectivity index (χ3v) is 6.55. The molecule has 5 rings (SSSR count). The zero-order valence-electron chi connectivity index (χ0n) is 17.7. The number of carbonyl (C=O) groups excluding carboxylic acids is 2. The number of rotatable bonds is 3. The maximum Gasteiger partial charge on any atom is 0.256 e. The van der Waals surface area contributed by atoms with Crippen LogP contribution in [-0.4, -0.2) is 62.5 Å². The van der Waals surface area contributed by atoms with Crippen LogP contribution in [0.25, 0.3) is 11.0 Å². The van der Waals surface area contributed by atoms with Gasteiger partial charge in [0.15, 0.2) is 0 Å². The minimum absolute atomic E-state index is 0.0882. The zero-order chi connectivity index (χ0) is 21.6. The molecule has 3 aromatic rings. The predicted octanol–water partition coefficient (Wildman–Crippen LogP) is 1.98. The van der Waals surface area contributed by atoms with Gasteiger partial charge in [-0.1, -0.05) is 17.3 Å². The molecule has 1 atom stereocenters. The second-order valence-corrected chi connectivity index (χ2v) is 8.38. The van der Waals surface area contributed by atoms with Gasteiger partial charge in [0.2, 0.25) is 5.91 Å². The molecular formula is C22H25N7O2. The highest BCUT2D eigenvalue weighted by molar-refractivity contribution is 6.01. The lowest BCUT2D eigenvalue weighted by Crippen LogP contribution is -2.67. The summed E-state index contributed by atoms with van der Waals surface area (Å²) in [6.45, 7) is 3.15. The Morgan fingerprint density at radius 1 is 1.19 bits per heavy atom. The molecule has 1 aromatic carbocycles. The Morgan fingerprint density at radius 2 is 1.97 bits per heavy atom. The molecule has 4 heterocycles. The van der Waals surface area contributed by atoms with Crippen LogP contribution in [0.5, 0.6) is 0 Å². The fraction of sp³-hybridized carbons (Fsp3) is 0.409. The number of para-hydroxylation sites is 1. The van der Waals surface area contributed by atoms with Crippen molar-refractivity contribution < 1.29 is 9.59 Å². The lowest BCUT2D eigenvalue weighted by atomic mass is 9.91. The number of pyridine rings is 1. The smallest absolute Gasteiger partial charge is 0.256 e. The number of hydrogen-bond donors (Lipinski definition) is 1. The highest BCUT2D eigenvalue weighted by atomic mass is 16.2. The molecule has 1 spiro atoms. The van der Waals surface area contributed by atoms with Crippen LogP contribution in [0.4, 0.5) is 5.82 Å². The van der Waals surface area contributed by atoms with Crippen molar-refractivity contribution in [3.8, 4) is 0 Å². The number of nitrogens with zero attached hydrogens (tertiary/aromatic N) is 6. The average molecular weight is 419 g/mol. The predicted molar refractivity (Wildman–Crippen MR) is 116 cm³/mol. The minimum atomic E-state index is -0.511. The minimum Gasteiger partial charge on any atom is -0.342 e. The van der Waals surface area contributed by atoms with E-state index in [2.05, 4.69) is 25.5 Å². The summed E-state index contributed by atoms with van der Waals surface area (Å²) < 4.78 is 1.82. The van der Waals surface area contributed by atoms with Crippen LogP contribution in [0.2, 0.25) is 0 Å². The maximum absolute atomic E-state index is 13.0. The number of benzene rings is 1. The summed E-state index contributed by atoms with van der Waals surface area (Å²) in [4.78, 5) is 34.0. The van der Waals surface area contributed by atoms with E-state index in [-0.39, 0.29) is 17.9 Å². The van der Waals surface area contributed by atoms with E-state index in [0.717, 1.165) is 11.0 Å². The summed E-state index contributed by atoms with van der Waals surface area (Å²) in [5.74, 6) is 0.676. The van der Waals surface area contributed by atoms with Crippen LogP contribution in [0.1, 0.15) is 42.6 Å². The monoisotopic (exact) mass is 419 g/mol. The van der Waals surface area contributed by atoms with Gasteiger partial charge in [0.1, 0.15) is 17.0 Å². The number of anilines is 1. The lowest BCUT2D eigenvalue weighted by molar-refractivity contribution is -0.133. The van der Waals surface area contributed by atoms with Crippen LogP contribution in [0, 0.1) is 0 Å². The van der Waals surface area contributed by atoms with E-state index < -0.39 is 5.66 Å². The van der Waals surface area contributed by atoms with E-state index in [9.17, 15) is 9.59 Å². The van der Waals surface area contributed by atoms with Gasteiger partial charge in [-0.15, -0.1) is 5.10 Å². The standard InChI is InChI=1S/C22H25N7O2/c1-15(29-18-8-4-3-7-17(18)25-26-29)14-19(30)28-12-9-22(10-13-28)24-21(31)16-6-5-11-23-20(16)27(22)2/h3-8,11,15H,9-10,12-14H2,1-2H3,(H,24,31)/t15-/m1/s1. The molecular weight excluding hydrogens is 394 g/mol. The maximum atomic E-state index is 13.0. The second-order valence-electron chi connectivity index (χ2n) is 8.38. The summed E-state index contributed by atoms with van der Waals surface area (Å²) in [5, 5.41) is 11.6. The van der Waals surface area contributed by atoms with Gasteiger partial charge >= 0.3 is 0 Å². The first-order valence-corrected chi connectivity index (χ1v) is 10.6. The SMILES string of the molecule is C[C@H](CC(=O)N1CCC2(CC1)NC(=O)c1cccnc1N2C)n1nnc2ccccc21. The first kappa shape index (κ1) is 19.5. The van der Waals surface area contributed by atoms with Gasteiger partial charge < -0.3 is 15.1 Å². The zero-order valence-corrected chi connectivity index (χ0v) is 17.7. The molecule has 0 saturated carbocycles. The largest absolute Gasteiger partial charge is 0.342 e. The van der Waals surface area contributed by atoms with Crippen molar-refractivity contribution in [3.05, 3.63) is 48.2 Å². The number of nitrogens with one attached hydrogen (secondary N) is 1. The van der Waals surface area contributed by atoms with Gasteiger partial charge in [0.25, 0.3) is 5.91 Å². The van der Waals surface area contributed by atoms with Crippen LogP contribution in [-0.2, 0) is 4.79 Å². The van der Waals surface area contributed by atoms with Crippen LogP contribution in [0.15, 0.2) is 42.6 Å². The van der Waals surface area contributed by atoms with E-state index >= 15 is 0 Å². The number of hydrogen-bond acceptors (Lipinski definition) is 6. The van der Waals surface area contributed by atoms with Crippen molar-refractivity contribution in [2.45, 2.75) is 37.9 Å². The molecule has 0 radical (unpaired) electrons. The Bertz CT molecular complexity index is 1150. The van der Waals surface area contributed by atoms with Crippen LogP contribution in [0.3, 0.4) is 0 Å². The fourth-order valence-electron chi connectivity index (χ4n) is 4.67. The van der Waals surface area contributed by atoms with Gasteiger partial charge in [-0.05, 0) is 31.2 Å². The van der Waals surface area contributed by atoms with E-state index in [1.807, 2.05) is 47.8 Å². The number of piperidine rings is 1. The van der Waals surface area contributed by atoms with Gasteiger partial charge in [-0.2, -0.15) is 0 Å². The summed E-state index contributed by atoms with van der Waals surface area (Å²) in [6, 6.07) is 11.2. The van der Waals surface area contributed by atoms with Crippen molar-refractivity contribution in [1.29, 1.82) is 0 Å². The molecule has 0 bridgehead atoms. The Balaban J connectivity index is 1.26. The molecule has 2 amide bonds. The third kappa shape index (κ3) is 3.20. The number of aromatic nitrogens is 4. The van der Waals surface area contributed by atoms with Crippen molar-refractivity contribution >= 4 is 28.7 Å². The summed E-state index contributed by atoms with van der Waals surface area (Å²) in [6.07, 6.45) is 3.36. The lowest BCUT2D eigenvalue weighted by Gasteiger charge is -2.50. The Kier molecular flexibility index (Phi) is 4.60. The van der Waals surface area contributed by atoms with E-state index in [0.29, 0.717) is 43.7 Å². The van der Waals surface area contributed by atoms with Gasteiger partial charge in [0.05, 0.1) is 17.1 Å². The number of amides is 2. The van der Waals surface area contributed by atoms with Crippen molar-refractivity contribution in [3.63, 3.8) is 0 Å². The average Bonchev–Trinajstić information content (AvgIpc) is 3.22. The van der Waals surface area contributed by atoms with Gasteiger partial charge in [0, 0.05) is 45.6 Å². The Hall–Kier alpha value is -3.49. The number of likely N-dealkylation sites (tertiary alicyclic amines) is 1. The molecule has 2 aromatic heterocycles. The molecule has 1 saturated heterocycles. The third-order valence-electron chi connectivity index (χ3n) is 6.55. The highest BCUT2D eigenvalue weighted by Gasteiger charge is 2.45. The second kappa shape index (κ2) is 7.33. The van der Waals surface area contributed by atoms with E-state index in [1.54, 1.807) is 18.3 Å². The molecule has 0 unspecified atom stereocenters. The van der Waals surface area contributed by atoms with E-state index in [4.69, 9.17) is 0 Å². The summed E-state index contributed by atoms with van der Waals surface area (Å²) in [7, 11) is 1.96. The molecule has 0 aliphatic carbocycles. The molecule has 160 valence electrons. The fourth-order valence-corrected chi connectivity index (χ4v) is 4.67. The van der Waals surface area contributed by atoms with Gasteiger partial charge in [-0.25, -0.2) is 9.67 Å². The van der Waals surface area contributed by atoms with Crippen LogP contribution < -0.4 is 10.2 Å². The first-order valence-electron chi connectivity index (χ1n) is 10.6. The van der Waals surface area contributed by atoms with E-state index in [1.165, 1.54) is 0 Å². The Morgan fingerprint density at radius 3 is 2.77 bits per heavy atom. The molecule has 2 aliphatic rings. The van der Waals surface area contributed by atoms with Crippen molar-refractivity contribution in [2.24, 2.45) is 0 Å². The topological polar surface area (TPSA) is 96.2 Å². The molecule has 1 N–H and O–H groups in total.